The second kappa shape index (κ2) is 9.34. The predicted molar refractivity (Wildman–Crippen MR) is 120 cm³/mol. The van der Waals surface area contributed by atoms with E-state index in [2.05, 4.69) is 0 Å². The lowest BCUT2D eigenvalue weighted by molar-refractivity contribution is -0.128. The van der Waals surface area contributed by atoms with Gasteiger partial charge in [0.2, 0.25) is 5.91 Å². The molecular formula is C23H25N3O3S. The molecule has 1 saturated heterocycles. The first-order chi connectivity index (χ1) is 14.7. The number of fused-ring (bicyclic) bond motifs is 1. The third kappa shape index (κ3) is 4.36. The summed E-state index contributed by atoms with van der Waals surface area (Å²) in [5, 5.41) is 1.05. The molecule has 2 heterocycles. The molecule has 7 heteroatoms. The van der Waals surface area contributed by atoms with E-state index in [1.807, 2.05) is 41.3 Å². The van der Waals surface area contributed by atoms with Crippen LogP contribution in [-0.4, -0.2) is 46.3 Å². The van der Waals surface area contributed by atoms with Crippen LogP contribution in [0.3, 0.4) is 0 Å². The van der Waals surface area contributed by atoms with Crippen molar-refractivity contribution in [2.75, 3.05) is 26.0 Å². The fraction of sp³-hybridized carbons (Fsp3) is 0.348. The molecule has 1 fully saturated rings. The van der Waals surface area contributed by atoms with E-state index in [-0.39, 0.29) is 17.2 Å². The number of ether oxygens (including phenoxy) is 1. The van der Waals surface area contributed by atoms with Crippen molar-refractivity contribution in [3.63, 3.8) is 0 Å². The molecule has 1 aliphatic rings. The fourth-order valence-corrected chi connectivity index (χ4v) is 4.64. The summed E-state index contributed by atoms with van der Waals surface area (Å²) in [6.45, 7) is 1.63. The second-order valence-electron chi connectivity index (χ2n) is 7.34. The zero-order valence-corrected chi connectivity index (χ0v) is 17.9. The zero-order valence-electron chi connectivity index (χ0n) is 17.0. The molecule has 0 aliphatic carbocycles. The van der Waals surface area contributed by atoms with Gasteiger partial charge >= 0.3 is 0 Å². The van der Waals surface area contributed by atoms with E-state index in [4.69, 9.17) is 9.72 Å². The molecule has 3 aromatic rings. The Labute approximate surface area is 179 Å². The molecule has 156 valence electrons. The molecule has 0 radical (unpaired) electrons. The molecule has 2 aromatic carbocycles. The topological polar surface area (TPSA) is 64.4 Å². The molecule has 0 atom stereocenters. The SMILES string of the molecule is COc1cccc(-n2c(SCC(=O)N3CCCCCC3)nc3ccccc3c2=O)c1. The van der Waals surface area contributed by atoms with Gasteiger partial charge in [-0.05, 0) is 37.1 Å². The van der Waals surface area contributed by atoms with Gasteiger partial charge in [-0.25, -0.2) is 4.98 Å². The summed E-state index contributed by atoms with van der Waals surface area (Å²) in [5.74, 6) is 1.01. The Morgan fingerprint density at radius 1 is 1.07 bits per heavy atom. The number of amides is 1. The van der Waals surface area contributed by atoms with Crippen molar-refractivity contribution in [1.82, 2.24) is 14.5 Å². The van der Waals surface area contributed by atoms with Crippen molar-refractivity contribution >= 4 is 28.6 Å². The first kappa shape index (κ1) is 20.5. The van der Waals surface area contributed by atoms with Crippen LogP contribution in [0.25, 0.3) is 16.6 Å². The van der Waals surface area contributed by atoms with E-state index in [1.165, 1.54) is 24.6 Å². The smallest absolute Gasteiger partial charge is 0.266 e. The summed E-state index contributed by atoms with van der Waals surface area (Å²) in [4.78, 5) is 32.8. The Morgan fingerprint density at radius 3 is 2.60 bits per heavy atom. The van der Waals surface area contributed by atoms with Crippen LogP contribution in [0.2, 0.25) is 0 Å². The lowest BCUT2D eigenvalue weighted by Gasteiger charge is -2.20. The summed E-state index contributed by atoms with van der Waals surface area (Å²) in [6, 6.07) is 14.6. The zero-order chi connectivity index (χ0) is 20.9. The third-order valence-electron chi connectivity index (χ3n) is 5.34. The lowest BCUT2D eigenvalue weighted by atomic mass is 10.2. The van der Waals surface area contributed by atoms with E-state index >= 15 is 0 Å². The number of benzene rings is 2. The number of nitrogens with zero attached hydrogens (tertiary/aromatic N) is 3. The van der Waals surface area contributed by atoms with Crippen LogP contribution in [-0.2, 0) is 4.79 Å². The maximum Gasteiger partial charge on any atom is 0.266 e. The lowest BCUT2D eigenvalue weighted by Crippen LogP contribution is -2.33. The standard InChI is InChI=1S/C23H25N3O3S/c1-29-18-10-8-9-17(15-18)26-22(28)19-11-4-5-12-20(19)24-23(26)30-16-21(27)25-13-6-2-3-7-14-25/h4-5,8-12,15H,2-3,6-7,13-14,16H2,1H3. The molecule has 0 spiro atoms. The van der Waals surface area contributed by atoms with E-state index in [1.54, 1.807) is 23.8 Å². The van der Waals surface area contributed by atoms with Gasteiger partial charge in [0.15, 0.2) is 5.16 Å². The minimum absolute atomic E-state index is 0.0986. The fourth-order valence-electron chi connectivity index (χ4n) is 3.72. The van der Waals surface area contributed by atoms with Gasteiger partial charge in [-0.2, -0.15) is 0 Å². The van der Waals surface area contributed by atoms with Crippen LogP contribution in [0, 0.1) is 0 Å². The molecule has 1 aromatic heterocycles. The molecule has 1 aliphatic heterocycles. The number of hydrogen-bond acceptors (Lipinski definition) is 5. The minimum Gasteiger partial charge on any atom is -0.497 e. The van der Waals surface area contributed by atoms with Gasteiger partial charge in [0.1, 0.15) is 5.75 Å². The van der Waals surface area contributed by atoms with Gasteiger partial charge in [-0.1, -0.05) is 42.8 Å². The molecule has 1 amide bonds. The number of hydrogen-bond donors (Lipinski definition) is 0. The number of carbonyl (C=O) groups is 1. The summed E-state index contributed by atoms with van der Waals surface area (Å²) in [5.41, 5.74) is 1.15. The van der Waals surface area contributed by atoms with Crippen molar-refractivity contribution in [3.05, 3.63) is 58.9 Å². The highest BCUT2D eigenvalue weighted by molar-refractivity contribution is 7.99. The van der Waals surface area contributed by atoms with Crippen molar-refractivity contribution in [2.45, 2.75) is 30.8 Å². The molecule has 0 saturated carbocycles. The molecule has 30 heavy (non-hydrogen) atoms. The van der Waals surface area contributed by atoms with Crippen molar-refractivity contribution in [2.24, 2.45) is 0 Å². The minimum atomic E-state index is -0.154. The van der Waals surface area contributed by atoms with Crippen LogP contribution >= 0.6 is 11.8 Å². The number of para-hydroxylation sites is 1. The van der Waals surface area contributed by atoms with Gasteiger partial charge in [-0.15, -0.1) is 0 Å². The monoisotopic (exact) mass is 423 g/mol. The van der Waals surface area contributed by atoms with Crippen molar-refractivity contribution in [1.29, 1.82) is 0 Å². The molecule has 0 unspecified atom stereocenters. The molecule has 4 rings (SSSR count). The highest BCUT2D eigenvalue weighted by Crippen LogP contribution is 2.24. The molecule has 6 nitrogen and oxygen atoms in total. The number of aromatic nitrogens is 2. The second-order valence-corrected chi connectivity index (χ2v) is 8.28. The molecule has 0 bridgehead atoms. The summed E-state index contributed by atoms with van der Waals surface area (Å²) in [7, 11) is 1.59. The largest absolute Gasteiger partial charge is 0.497 e. The maximum atomic E-state index is 13.3. The van der Waals surface area contributed by atoms with Crippen LogP contribution in [0.1, 0.15) is 25.7 Å². The number of methoxy groups -OCH3 is 1. The average Bonchev–Trinajstić information content (AvgIpc) is 3.07. The van der Waals surface area contributed by atoms with Crippen LogP contribution in [0.4, 0.5) is 0 Å². The number of thioether (sulfide) groups is 1. The predicted octanol–water partition coefficient (Wildman–Crippen LogP) is 3.89. The number of carbonyl (C=O) groups excluding carboxylic acids is 1. The third-order valence-corrected chi connectivity index (χ3v) is 6.26. The molecular weight excluding hydrogens is 398 g/mol. The number of likely N-dealkylation sites (tertiary alicyclic amines) is 1. The van der Waals surface area contributed by atoms with Gasteiger partial charge in [-0.3, -0.25) is 14.2 Å². The van der Waals surface area contributed by atoms with Gasteiger partial charge in [0, 0.05) is 19.2 Å². The van der Waals surface area contributed by atoms with Gasteiger partial charge in [0.25, 0.3) is 5.56 Å². The average molecular weight is 424 g/mol. The first-order valence-corrected chi connectivity index (χ1v) is 11.2. The molecule has 0 N–H and O–H groups in total. The normalized spacial score (nSPS) is 14.5. The highest BCUT2D eigenvalue weighted by Gasteiger charge is 2.19. The Balaban J connectivity index is 1.70. The summed E-state index contributed by atoms with van der Waals surface area (Å²) < 4.78 is 6.90. The van der Waals surface area contributed by atoms with E-state index in [9.17, 15) is 9.59 Å². The van der Waals surface area contributed by atoms with Crippen molar-refractivity contribution in [3.8, 4) is 11.4 Å². The Hall–Kier alpha value is -2.80. The summed E-state index contributed by atoms with van der Waals surface area (Å²) >= 11 is 1.31. The van der Waals surface area contributed by atoms with E-state index in [0.717, 1.165) is 25.9 Å². The van der Waals surface area contributed by atoms with Crippen LogP contribution in [0.15, 0.2) is 58.5 Å². The van der Waals surface area contributed by atoms with Crippen LogP contribution in [0.5, 0.6) is 5.75 Å². The first-order valence-electron chi connectivity index (χ1n) is 10.2. The van der Waals surface area contributed by atoms with Gasteiger partial charge < -0.3 is 9.64 Å². The van der Waals surface area contributed by atoms with E-state index < -0.39 is 0 Å². The Morgan fingerprint density at radius 2 is 1.83 bits per heavy atom. The Kier molecular flexibility index (Phi) is 6.38. The van der Waals surface area contributed by atoms with Gasteiger partial charge in [0.05, 0.1) is 29.5 Å². The Bertz CT molecular complexity index is 1100. The van der Waals surface area contributed by atoms with E-state index in [0.29, 0.717) is 27.5 Å². The van der Waals surface area contributed by atoms with Crippen LogP contribution < -0.4 is 10.3 Å². The summed E-state index contributed by atoms with van der Waals surface area (Å²) in [6.07, 6.45) is 4.47. The quantitative estimate of drug-likeness (QED) is 0.460. The number of rotatable bonds is 5. The highest BCUT2D eigenvalue weighted by atomic mass is 32.2. The maximum absolute atomic E-state index is 13.3. The van der Waals surface area contributed by atoms with Crippen molar-refractivity contribution < 1.29 is 9.53 Å².